The zero-order chi connectivity index (χ0) is 25.5. The van der Waals surface area contributed by atoms with E-state index in [-0.39, 0.29) is 35.4 Å². The number of esters is 1. The highest BCUT2D eigenvalue weighted by molar-refractivity contribution is 6.22. The number of phenolic OH excluding ortho intramolecular Hbond substituents is 1. The SMILES string of the molecule is CCCCN1C(=O)c2cc3nn(-c4cc(CCC(=O)OC)cc(C(C)(C)C)c4O)nc3cc2C1=O. The van der Waals surface area contributed by atoms with Crippen LogP contribution < -0.4 is 0 Å². The smallest absolute Gasteiger partial charge is 0.305 e. The molecule has 184 valence electrons. The van der Waals surface area contributed by atoms with Crippen LogP contribution in [0.5, 0.6) is 5.75 Å². The van der Waals surface area contributed by atoms with Crippen LogP contribution >= 0.6 is 0 Å². The van der Waals surface area contributed by atoms with Gasteiger partial charge in [-0.15, -0.1) is 15.0 Å². The summed E-state index contributed by atoms with van der Waals surface area (Å²) in [6, 6.07) is 6.79. The zero-order valence-electron chi connectivity index (χ0n) is 20.7. The lowest BCUT2D eigenvalue weighted by Gasteiger charge is -2.23. The van der Waals surface area contributed by atoms with Crippen molar-refractivity contribution < 1.29 is 24.2 Å². The second-order valence-electron chi connectivity index (χ2n) is 9.83. The van der Waals surface area contributed by atoms with Gasteiger partial charge in [0, 0.05) is 18.5 Å². The van der Waals surface area contributed by atoms with E-state index in [9.17, 15) is 19.5 Å². The Labute approximate surface area is 203 Å². The Morgan fingerprint density at radius 2 is 1.63 bits per heavy atom. The summed E-state index contributed by atoms with van der Waals surface area (Å²) in [6.45, 7) is 8.33. The number of hydrogen-bond donors (Lipinski definition) is 1. The Hall–Kier alpha value is -3.75. The molecule has 0 atom stereocenters. The maximum atomic E-state index is 12.8. The summed E-state index contributed by atoms with van der Waals surface area (Å²) in [5.74, 6) is -0.933. The number of methoxy groups -OCH3 is 1. The first-order chi connectivity index (χ1) is 16.5. The van der Waals surface area contributed by atoms with Crippen molar-refractivity contribution >= 4 is 28.8 Å². The van der Waals surface area contributed by atoms with Crippen LogP contribution in [-0.2, 0) is 21.4 Å². The second-order valence-corrected chi connectivity index (χ2v) is 9.83. The maximum Gasteiger partial charge on any atom is 0.305 e. The average Bonchev–Trinajstić information content (AvgIpc) is 3.33. The van der Waals surface area contributed by atoms with Gasteiger partial charge in [-0.3, -0.25) is 19.3 Å². The average molecular weight is 479 g/mol. The fourth-order valence-corrected chi connectivity index (χ4v) is 4.22. The summed E-state index contributed by atoms with van der Waals surface area (Å²) in [4.78, 5) is 39.9. The molecule has 0 bridgehead atoms. The van der Waals surface area contributed by atoms with Gasteiger partial charge in [-0.1, -0.05) is 40.2 Å². The Balaban J connectivity index is 1.78. The lowest BCUT2D eigenvalue weighted by molar-refractivity contribution is -0.140. The zero-order valence-corrected chi connectivity index (χ0v) is 20.7. The van der Waals surface area contributed by atoms with Crippen molar-refractivity contribution in [2.75, 3.05) is 13.7 Å². The second kappa shape index (κ2) is 9.13. The van der Waals surface area contributed by atoms with E-state index in [4.69, 9.17) is 4.74 Å². The third kappa shape index (κ3) is 4.50. The molecular weight excluding hydrogens is 448 g/mol. The van der Waals surface area contributed by atoms with Gasteiger partial charge in [-0.05, 0) is 42.0 Å². The molecule has 2 heterocycles. The first kappa shape index (κ1) is 24.4. The summed E-state index contributed by atoms with van der Waals surface area (Å²) in [5, 5.41) is 20.1. The summed E-state index contributed by atoms with van der Waals surface area (Å²) in [7, 11) is 1.35. The summed E-state index contributed by atoms with van der Waals surface area (Å²) < 4.78 is 4.76. The first-order valence-electron chi connectivity index (χ1n) is 11.8. The van der Waals surface area contributed by atoms with Gasteiger partial charge in [-0.2, -0.15) is 0 Å². The lowest BCUT2D eigenvalue weighted by Crippen LogP contribution is -2.30. The summed E-state index contributed by atoms with van der Waals surface area (Å²) in [5.41, 5.74) is 3.02. The highest BCUT2D eigenvalue weighted by atomic mass is 16.5. The quantitative estimate of drug-likeness (QED) is 0.404. The van der Waals surface area contributed by atoms with E-state index < -0.39 is 0 Å². The number of benzene rings is 2. The van der Waals surface area contributed by atoms with Crippen molar-refractivity contribution in [3.8, 4) is 11.4 Å². The first-order valence-corrected chi connectivity index (χ1v) is 11.8. The molecule has 0 spiro atoms. The molecule has 35 heavy (non-hydrogen) atoms. The number of amides is 2. The molecule has 0 unspecified atom stereocenters. The van der Waals surface area contributed by atoms with Gasteiger partial charge in [0.25, 0.3) is 11.8 Å². The summed E-state index contributed by atoms with van der Waals surface area (Å²) in [6.07, 6.45) is 2.25. The van der Waals surface area contributed by atoms with Crippen molar-refractivity contribution in [3.05, 3.63) is 46.5 Å². The maximum absolute atomic E-state index is 12.8. The topological polar surface area (TPSA) is 115 Å². The van der Waals surface area contributed by atoms with E-state index in [0.29, 0.717) is 46.4 Å². The van der Waals surface area contributed by atoms with Crippen LogP contribution in [0.4, 0.5) is 0 Å². The molecule has 9 nitrogen and oxygen atoms in total. The van der Waals surface area contributed by atoms with E-state index in [1.54, 1.807) is 18.2 Å². The number of fused-ring (bicyclic) bond motifs is 2. The predicted molar refractivity (Wildman–Crippen MR) is 130 cm³/mol. The number of phenols is 1. The van der Waals surface area contributed by atoms with Gasteiger partial charge in [0.1, 0.15) is 22.5 Å². The minimum Gasteiger partial charge on any atom is -0.505 e. The molecule has 0 aliphatic carbocycles. The molecule has 1 aliphatic rings. The van der Waals surface area contributed by atoms with Crippen LogP contribution in [0.3, 0.4) is 0 Å². The Morgan fingerprint density at radius 1 is 1.03 bits per heavy atom. The van der Waals surface area contributed by atoms with E-state index in [1.165, 1.54) is 16.8 Å². The van der Waals surface area contributed by atoms with Gasteiger partial charge in [0.05, 0.1) is 18.2 Å². The molecule has 0 fully saturated rings. The number of rotatable bonds is 7. The van der Waals surface area contributed by atoms with Gasteiger partial charge in [0.2, 0.25) is 0 Å². The van der Waals surface area contributed by atoms with Crippen molar-refractivity contribution in [2.24, 2.45) is 0 Å². The molecule has 3 aromatic rings. The molecule has 1 aliphatic heterocycles. The van der Waals surface area contributed by atoms with Crippen LogP contribution in [0.15, 0.2) is 24.3 Å². The van der Waals surface area contributed by atoms with Gasteiger partial charge < -0.3 is 9.84 Å². The number of ether oxygens (including phenoxy) is 1. The molecule has 2 aromatic carbocycles. The number of unbranched alkanes of at least 4 members (excludes halogenated alkanes) is 1. The van der Waals surface area contributed by atoms with E-state index >= 15 is 0 Å². The molecule has 2 amide bonds. The van der Waals surface area contributed by atoms with Gasteiger partial charge >= 0.3 is 5.97 Å². The van der Waals surface area contributed by atoms with Crippen LogP contribution in [-0.4, -0.2) is 56.4 Å². The number of aryl methyl sites for hydroxylation is 1. The Kier molecular flexibility index (Phi) is 6.36. The largest absolute Gasteiger partial charge is 0.505 e. The van der Waals surface area contributed by atoms with Crippen molar-refractivity contribution in [1.82, 2.24) is 19.9 Å². The highest BCUT2D eigenvalue weighted by Gasteiger charge is 2.36. The molecular formula is C26H30N4O5. The van der Waals surface area contributed by atoms with Crippen molar-refractivity contribution in [3.63, 3.8) is 0 Å². The Bertz CT molecular complexity index is 1280. The fraction of sp³-hybridized carbons (Fsp3) is 0.423. The third-order valence-electron chi connectivity index (χ3n) is 6.22. The molecule has 9 heteroatoms. The molecule has 0 saturated carbocycles. The molecule has 1 aromatic heterocycles. The molecule has 1 N–H and O–H groups in total. The van der Waals surface area contributed by atoms with Crippen molar-refractivity contribution in [1.29, 1.82) is 0 Å². The monoisotopic (exact) mass is 478 g/mol. The normalized spacial score (nSPS) is 13.6. The van der Waals surface area contributed by atoms with Crippen molar-refractivity contribution in [2.45, 2.75) is 58.8 Å². The minimum absolute atomic E-state index is 0.0325. The lowest BCUT2D eigenvalue weighted by atomic mass is 9.84. The minimum atomic E-state index is -0.380. The van der Waals surface area contributed by atoms with Gasteiger partial charge in [-0.25, -0.2) is 0 Å². The van der Waals surface area contributed by atoms with E-state index in [2.05, 4.69) is 10.2 Å². The highest BCUT2D eigenvalue weighted by Crippen LogP contribution is 2.37. The number of aromatic hydroxyl groups is 1. The molecule has 0 saturated heterocycles. The van der Waals surface area contributed by atoms with E-state index in [1.807, 2.05) is 33.8 Å². The van der Waals surface area contributed by atoms with Crippen LogP contribution in [0.1, 0.15) is 78.8 Å². The summed E-state index contributed by atoms with van der Waals surface area (Å²) >= 11 is 0. The molecule has 4 rings (SSSR count). The predicted octanol–water partition coefficient (Wildman–Crippen LogP) is 3.93. The third-order valence-corrected chi connectivity index (χ3v) is 6.22. The standard InChI is InChI=1S/C26H30N4O5/c1-6-7-10-29-24(33)16-13-19-20(14-17(16)25(29)34)28-30(27-19)21-12-15(8-9-22(31)35-5)11-18(23(21)32)26(2,3)4/h11-14,32H,6-10H2,1-5H3. The number of nitrogens with zero attached hydrogens (tertiary/aromatic N) is 4. The Morgan fingerprint density at radius 3 is 2.14 bits per heavy atom. The number of carbonyl (C=O) groups is 3. The number of imide groups is 1. The molecule has 0 radical (unpaired) electrons. The number of hydrogen-bond acceptors (Lipinski definition) is 7. The van der Waals surface area contributed by atoms with Gasteiger partial charge in [0.15, 0.2) is 0 Å². The number of carbonyl (C=O) groups excluding carboxylic acids is 3. The van der Waals surface area contributed by atoms with Crippen LogP contribution in [0.25, 0.3) is 16.7 Å². The van der Waals surface area contributed by atoms with Crippen LogP contribution in [0, 0.1) is 0 Å². The van der Waals surface area contributed by atoms with Crippen LogP contribution in [0.2, 0.25) is 0 Å². The fourth-order valence-electron chi connectivity index (χ4n) is 4.22. The van der Waals surface area contributed by atoms with E-state index in [0.717, 1.165) is 18.4 Å². The number of aromatic nitrogens is 3.